The molecule has 0 aliphatic rings. The molecule has 0 aliphatic heterocycles. The van der Waals surface area contributed by atoms with Crippen LogP contribution < -0.4 is 0 Å². The summed E-state index contributed by atoms with van der Waals surface area (Å²) in [5, 5.41) is 0. The summed E-state index contributed by atoms with van der Waals surface area (Å²) in [4.78, 5) is 0. The van der Waals surface area contributed by atoms with Crippen LogP contribution >= 0.6 is 0 Å². The van der Waals surface area contributed by atoms with E-state index in [0.717, 1.165) is 0 Å². The summed E-state index contributed by atoms with van der Waals surface area (Å²) in [6, 6.07) is 0. The van der Waals surface area contributed by atoms with Crippen molar-refractivity contribution in [1.82, 2.24) is 0 Å². The zero-order chi connectivity index (χ0) is 42.2. The van der Waals surface area contributed by atoms with Gasteiger partial charge in [-0.3, -0.25) is 0 Å². The van der Waals surface area contributed by atoms with Crippen molar-refractivity contribution in [3.05, 3.63) is 11.6 Å². The molecule has 2 radical (unpaired) electrons. The number of allylic oxidation sites excluding steroid dienone is 2. The summed E-state index contributed by atoms with van der Waals surface area (Å²) >= 11 is -0.418. The zero-order valence-electron chi connectivity index (χ0n) is 24.8. The third-order valence-corrected chi connectivity index (χ3v) is 8.59. The molecular weight excluding hydrogens is 920 g/mol. The van der Waals surface area contributed by atoms with Crippen LogP contribution in [0.25, 0.3) is 0 Å². The van der Waals surface area contributed by atoms with Gasteiger partial charge < -0.3 is 0 Å². The molecule has 0 saturated heterocycles. The van der Waals surface area contributed by atoms with Crippen LogP contribution in [0.3, 0.4) is 0 Å². The van der Waals surface area contributed by atoms with Crippen molar-refractivity contribution >= 4 is 22.5 Å². The molecule has 0 aromatic carbocycles. The fraction of sp³-hybridized carbons (Fsp3) is 0.917. The molecule has 0 aromatic rings. The van der Waals surface area contributed by atoms with E-state index >= 15 is 0 Å². The average molecular weight is 941 g/mol. The molecule has 0 heterocycles. The number of alkyl halides is 27. The average Bonchev–Trinajstić information content (AvgIpc) is 2.90. The van der Waals surface area contributed by atoms with Gasteiger partial charge in [0.1, 0.15) is 0 Å². The summed E-state index contributed by atoms with van der Waals surface area (Å²) < 4.78 is 351. The molecular formula is C24H21F27Sn. The molecule has 0 aromatic heterocycles. The maximum atomic E-state index is 13.9. The monoisotopic (exact) mass is 942 g/mol. The van der Waals surface area contributed by atoms with Crippen molar-refractivity contribution in [2.24, 2.45) is 0 Å². The molecule has 0 fully saturated rings. The van der Waals surface area contributed by atoms with Crippen LogP contribution in [0.5, 0.6) is 0 Å². The van der Waals surface area contributed by atoms with Crippen LogP contribution in [0.2, 0.25) is 3.93 Å². The fourth-order valence-electron chi connectivity index (χ4n) is 4.01. The minimum absolute atomic E-state index is 0.418. The molecule has 0 nitrogen and oxygen atoms in total. The summed E-state index contributed by atoms with van der Waals surface area (Å²) in [7, 11) is 0. The minimum atomic E-state index is -7.37. The van der Waals surface area contributed by atoms with E-state index in [1.54, 1.807) is 0 Å². The Hall–Kier alpha value is -1.35. The third kappa shape index (κ3) is 10.1. The predicted octanol–water partition coefficient (Wildman–Crippen LogP) is 12.5. The van der Waals surface area contributed by atoms with Crippen LogP contribution in [-0.4, -0.2) is 94.4 Å². The number of halogens is 27. The van der Waals surface area contributed by atoms with Gasteiger partial charge in [-0.2, -0.15) is 0 Å². The maximum absolute atomic E-state index is 13.9. The van der Waals surface area contributed by atoms with E-state index in [1.807, 2.05) is 0 Å². The van der Waals surface area contributed by atoms with Gasteiger partial charge in [-0.15, -0.1) is 0 Å². The number of hydrogen-bond acceptors (Lipinski definition) is 0. The summed E-state index contributed by atoms with van der Waals surface area (Å²) in [6.07, 6.45) is -37.2. The second-order valence-corrected chi connectivity index (χ2v) is 13.6. The van der Waals surface area contributed by atoms with E-state index in [1.165, 1.54) is 0 Å². The molecule has 1 atom stereocenters. The quantitative estimate of drug-likeness (QED) is 0.0688. The van der Waals surface area contributed by atoms with Gasteiger partial charge >= 0.3 is 286 Å². The van der Waals surface area contributed by atoms with Gasteiger partial charge in [0, 0.05) is 0 Å². The fourth-order valence-corrected chi connectivity index (χ4v) is 5.46. The van der Waals surface area contributed by atoms with Crippen molar-refractivity contribution in [1.29, 1.82) is 0 Å². The van der Waals surface area contributed by atoms with E-state index in [4.69, 9.17) is 0 Å². The van der Waals surface area contributed by atoms with Gasteiger partial charge in [0.05, 0.1) is 0 Å². The zero-order valence-corrected chi connectivity index (χ0v) is 28.1. The van der Waals surface area contributed by atoms with E-state index in [-0.39, 0.29) is 0 Å². The van der Waals surface area contributed by atoms with Gasteiger partial charge in [-0.1, -0.05) is 0 Å². The summed E-state index contributed by atoms with van der Waals surface area (Å²) in [5.41, 5.74) is -0.818. The Morgan fingerprint density at radius 1 is 0.365 bits per heavy atom. The molecule has 0 rings (SSSR count). The van der Waals surface area contributed by atoms with Gasteiger partial charge in [-0.25, -0.2) is 0 Å². The predicted molar refractivity (Wildman–Crippen MR) is 123 cm³/mol. The third-order valence-electron chi connectivity index (χ3n) is 7.08. The molecule has 28 heteroatoms. The molecule has 0 N–H and O–H groups in total. The van der Waals surface area contributed by atoms with Crippen molar-refractivity contribution in [2.45, 2.75) is 134 Å². The van der Waals surface area contributed by atoms with Crippen LogP contribution in [0.1, 0.15) is 57.8 Å². The second kappa shape index (κ2) is 15.7. The van der Waals surface area contributed by atoms with Gasteiger partial charge in [0.25, 0.3) is 0 Å². The first-order valence-electron chi connectivity index (χ1n) is 13.5. The first-order chi connectivity index (χ1) is 22.4. The summed E-state index contributed by atoms with van der Waals surface area (Å²) in [5.74, 6) is -62.0. The van der Waals surface area contributed by atoms with Crippen LogP contribution in [0.15, 0.2) is 11.6 Å². The Kier molecular flexibility index (Phi) is 15.2. The Balaban J connectivity index is 6.23. The van der Waals surface area contributed by atoms with Crippen LogP contribution in [-0.2, 0) is 0 Å². The molecule has 0 saturated carbocycles. The standard InChI is InChI=1S/C24H20F27.Sn.H/c25-13(26,16(31,32)19(37,38)22(43,44)45)9-3-1-2-6-12(7-4-10-14(27,28)17(33,34)20(39,40)23(46,47)48)8-5-11-15(29,30)18(35,36)21(41,42)24(49,50)51;;/h2,6H,1,3-5,7-11H2;;. The van der Waals surface area contributed by atoms with Crippen LogP contribution in [0.4, 0.5) is 119 Å². The SMILES string of the molecule is FC(F)(F)C(F)(F)C(F)(F)C(F)(F)CCCC(=C[CH]([SnH])CCCC(F)(F)C(F)(F)C(F)(F)C(F)(F)F)CCCC(F)(F)C(F)(F)C(F)(F)C(F)(F)F. The first-order valence-corrected chi connectivity index (χ1v) is 15.4. The van der Waals surface area contributed by atoms with Gasteiger partial charge in [0.2, 0.25) is 0 Å². The normalized spacial score (nSPS) is 16.3. The Morgan fingerprint density at radius 2 is 0.596 bits per heavy atom. The van der Waals surface area contributed by atoms with Gasteiger partial charge in [0.15, 0.2) is 0 Å². The van der Waals surface area contributed by atoms with Crippen LogP contribution in [0, 0.1) is 0 Å². The van der Waals surface area contributed by atoms with Gasteiger partial charge in [-0.05, 0) is 0 Å². The Morgan fingerprint density at radius 3 is 0.827 bits per heavy atom. The molecule has 52 heavy (non-hydrogen) atoms. The molecule has 310 valence electrons. The second-order valence-electron chi connectivity index (χ2n) is 11.1. The number of hydrogen-bond donors (Lipinski definition) is 0. The van der Waals surface area contributed by atoms with Crippen molar-refractivity contribution in [2.75, 3.05) is 0 Å². The molecule has 0 bridgehead atoms. The van der Waals surface area contributed by atoms with E-state index in [2.05, 4.69) is 0 Å². The van der Waals surface area contributed by atoms with Crippen molar-refractivity contribution < 1.29 is 119 Å². The first kappa shape index (κ1) is 50.6. The molecule has 0 aliphatic carbocycles. The molecule has 0 amide bonds. The molecule has 1 unspecified atom stereocenters. The van der Waals surface area contributed by atoms with Crippen molar-refractivity contribution in [3.8, 4) is 0 Å². The van der Waals surface area contributed by atoms with Crippen molar-refractivity contribution in [3.63, 3.8) is 0 Å². The van der Waals surface area contributed by atoms with E-state index < -0.39 is 162 Å². The summed E-state index contributed by atoms with van der Waals surface area (Å²) in [6.45, 7) is 0. The Labute approximate surface area is 286 Å². The van der Waals surface area contributed by atoms with E-state index in [9.17, 15) is 119 Å². The van der Waals surface area contributed by atoms with E-state index in [0.29, 0.717) is 6.08 Å². The Bertz CT molecular complexity index is 1130. The number of rotatable bonds is 19. The topological polar surface area (TPSA) is 0 Å². The molecule has 0 spiro atoms.